The summed E-state index contributed by atoms with van der Waals surface area (Å²) in [5.74, 6) is 1.44. The minimum Gasteiger partial charge on any atom is -0.478 e. The fourth-order valence-electron chi connectivity index (χ4n) is 12.4. The summed E-state index contributed by atoms with van der Waals surface area (Å²) < 4.78 is 213. The zero-order valence-corrected chi connectivity index (χ0v) is 89.9. The lowest BCUT2D eigenvalue weighted by molar-refractivity contribution is 0.197. The van der Waals surface area contributed by atoms with Crippen molar-refractivity contribution in [3.05, 3.63) is 106 Å². The van der Waals surface area contributed by atoms with E-state index in [9.17, 15) is 0 Å². The van der Waals surface area contributed by atoms with E-state index in [2.05, 4.69) is 125 Å². The lowest BCUT2D eigenvalue weighted by Gasteiger charge is -2.24. The van der Waals surface area contributed by atoms with E-state index in [1.54, 1.807) is 83.1 Å². The molecule has 708 valence electrons. The largest absolute Gasteiger partial charge is 0.478 e. The number of ether oxygens (including phenoxy) is 6. The van der Waals surface area contributed by atoms with E-state index in [1.807, 2.05) is 72.8 Å². The second kappa shape index (κ2) is 46.5. The average Bonchev–Trinajstić information content (AvgIpc) is 0.762. The monoisotopic (exact) mass is 1980 g/mol. The van der Waals surface area contributed by atoms with Crippen LogP contribution in [0.4, 0.5) is 0 Å². The van der Waals surface area contributed by atoms with Gasteiger partial charge in [-0.2, -0.15) is 0 Å². The number of hydrogen-bond donors (Lipinski definition) is 0. The molecule has 0 saturated heterocycles. The van der Waals surface area contributed by atoms with Gasteiger partial charge in [0.25, 0.3) is 0 Å². The molecule has 0 radical (unpaired) electrons. The van der Waals surface area contributed by atoms with Crippen molar-refractivity contribution in [3.63, 3.8) is 0 Å². The minimum atomic E-state index is -4.08. The summed E-state index contributed by atoms with van der Waals surface area (Å²) in [5.41, 5.74) is 1.29. The van der Waals surface area contributed by atoms with Crippen molar-refractivity contribution >= 4 is 170 Å². The van der Waals surface area contributed by atoms with Crippen molar-refractivity contribution in [2.45, 2.75) is 240 Å². The van der Waals surface area contributed by atoms with Crippen LogP contribution in [0.15, 0.2) is 72.8 Å². The molecule has 1 aromatic heterocycles. The molecule has 0 atom stereocenters. The molecular formula is C90H138O24P6S6. The summed E-state index contributed by atoms with van der Waals surface area (Å²) in [6.45, 7) is 58.9. The Morgan fingerprint density at radius 3 is 0.341 bits per heavy atom. The Kier molecular flexibility index (Phi) is 40.4. The van der Waals surface area contributed by atoms with Crippen molar-refractivity contribution in [3.8, 4) is 34.5 Å². The van der Waals surface area contributed by atoms with Crippen LogP contribution in [0.2, 0.25) is 0 Å². The predicted octanol–water partition coefficient (Wildman–Crippen LogP) is 31.4. The molecule has 0 aliphatic heterocycles. The summed E-state index contributed by atoms with van der Waals surface area (Å²) in [5, 5.41) is 0. The third-order valence-electron chi connectivity index (χ3n) is 18.8. The van der Waals surface area contributed by atoms with E-state index >= 15 is 27.4 Å². The van der Waals surface area contributed by atoms with E-state index in [4.69, 9.17) is 82.7 Å². The summed E-state index contributed by atoms with van der Waals surface area (Å²) in [6, 6.07) is 24.4. The fourth-order valence-corrected chi connectivity index (χ4v) is 27.4. The van der Waals surface area contributed by atoms with Gasteiger partial charge < -0.3 is 82.7 Å². The quantitative estimate of drug-likeness (QED) is 0.0322. The van der Waals surface area contributed by atoms with Gasteiger partial charge in [-0.15, -0.1) is 68.0 Å². The summed E-state index contributed by atoms with van der Waals surface area (Å²) in [6.07, 6.45) is -3.35. The van der Waals surface area contributed by atoms with Crippen molar-refractivity contribution in [1.29, 1.82) is 0 Å². The van der Waals surface area contributed by atoms with Crippen LogP contribution < -0.4 is 28.4 Å². The van der Waals surface area contributed by atoms with E-state index in [0.29, 0.717) is 56.4 Å². The van der Waals surface area contributed by atoms with Crippen LogP contribution in [0, 0.1) is 0 Å². The Labute approximate surface area is 772 Å². The van der Waals surface area contributed by atoms with E-state index < -0.39 is 116 Å². The Balaban J connectivity index is 2.16. The van der Waals surface area contributed by atoms with Crippen molar-refractivity contribution in [2.24, 2.45) is 0 Å². The summed E-state index contributed by atoms with van der Waals surface area (Å²) in [4.78, 5) is 0. The van der Waals surface area contributed by atoms with Crippen LogP contribution in [-0.4, -0.2) is 117 Å². The van der Waals surface area contributed by atoms with E-state index in [0.717, 1.165) is 33.4 Å². The van der Waals surface area contributed by atoms with Gasteiger partial charge in [-0.1, -0.05) is 125 Å². The van der Waals surface area contributed by atoms with Gasteiger partial charge in [-0.25, -0.2) is 0 Å². The number of fused-ring (bicyclic) bond motifs is 12. The van der Waals surface area contributed by atoms with Crippen LogP contribution in [0.1, 0.15) is 241 Å². The Morgan fingerprint density at radius 1 is 0.183 bits per heavy atom. The molecule has 12 bridgehead atoms. The third-order valence-corrected chi connectivity index (χ3v) is 35.5. The fraction of sp³-hybridized carbons (Fsp3) is 0.600. The van der Waals surface area contributed by atoms with Gasteiger partial charge in [0.2, 0.25) is 0 Å². The highest BCUT2D eigenvalue weighted by atomic mass is 32.1. The molecule has 7 rings (SSSR count). The molecule has 0 spiro atoms. The first-order chi connectivity index (χ1) is 58.7. The molecule has 0 N–H and O–H groups in total. The predicted molar refractivity (Wildman–Crippen MR) is 528 cm³/mol. The molecule has 0 fully saturated rings. The highest BCUT2D eigenvalue weighted by Crippen LogP contribution is 2.58. The molecule has 0 amide bonds. The Hall–Kier alpha value is -3.66. The highest BCUT2D eigenvalue weighted by Gasteiger charge is 2.35. The van der Waals surface area contributed by atoms with Crippen LogP contribution in [0.5, 0.6) is 34.5 Å². The molecule has 36 heteroatoms. The van der Waals surface area contributed by atoms with Gasteiger partial charge in [-0.3, -0.25) is 27.4 Å². The smallest absolute Gasteiger partial charge is 0.367 e. The van der Waals surface area contributed by atoms with Gasteiger partial charge in [0.1, 0.15) is 0 Å². The lowest BCUT2D eigenvalue weighted by atomic mass is 9.87. The summed E-state index contributed by atoms with van der Waals surface area (Å²) in [7, 11) is -24.5. The first kappa shape index (κ1) is 109. The van der Waals surface area contributed by atoms with E-state index in [1.165, 1.54) is 68.0 Å². The Bertz CT molecular complexity index is 4410. The lowest BCUT2D eigenvalue weighted by Crippen LogP contribution is -2.12. The van der Waals surface area contributed by atoms with Gasteiger partial charge in [0.15, 0.2) is 72.6 Å². The van der Waals surface area contributed by atoms with Crippen LogP contribution >= 0.6 is 114 Å². The minimum absolute atomic E-state index is 0.0251. The molecule has 7 aromatic rings. The highest BCUT2D eigenvalue weighted by molar-refractivity contribution is 7.55. The zero-order chi connectivity index (χ0) is 94.0. The maximum Gasteiger partial charge on any atom is 0.367 e. The maximum absolute atomic E-state index is 15.2. The maximum atomic E-state index is 15.2. The Morgan fingerprint density at radius 2 is 0.270 bits per heavy atom. The molecule has 0 saturated carbocycles. The molecule has 0 aliphatic carbocycles. The molecule has 0 unspecified atom stereocenters. The molecule has 24 nitrogen and oxygen atoms in total. The van der Waals surface area contributed by atoms with Gasteiger partial charge >= 0.3 is 45.6 Å². The third kappa shape index (κ3) is 30.7. The number of benzene rings is 6. The van der Waals surface area contributed by atoms with Crippen molar-refractivity contribution in [1.82, 2.24) is 0 Å². The average molecular weight is 1980 g/mol. The van der Waals surface area contributed by atoms with E-state index in [-0.39, 0.29) is 114 Å². The number of rotatable bonds is 42. The standard InChI is InChI=1S/C90H138O24P6S6/c1-31-103-115(91,104-32-2)55-97-79-67-43-61(85(13,14)15)44-68(79)122-70-46-63(87(19,20)21)48-72(81(70)99-57-117(93,107-35-5)108-36-6)124-74-50-65(89(25,26)27)52-76(83(74)101-59-119(95,111-39-9)112-40-10)126-78-54-66(90(28,29)30)53-77(84(78)102-60-120(96,113-41-11)114-42-12)125-75-51-64(88(22,23)24)49-73(82(75)100-58-118(94,109-37-7)110-38-8)123-71-47-62(86(16,17)18)45-69(121-67)80(71)98-56-116(92,105-33-3)106-34-4/h43-54H,31-42,55-60H2,1-30H3. The van der Waals surface area contributed by atoms with Gasteiger partial charge in [0.05, 0.1) is 136 Å². The zero-order valence-electron chi connectivity index (χ0n) is 79.6. The first-order valence-electron chi connectivity index (χ1n) is 43.0. The first-order valence-corrected chi connectivity index (χ1v) is 58.2. The molecule has 126 heavy (non-hydrogen) atoms. The van der Waals surface area contributed by atoms with Crippen LogP contribution in [0.25, 0.3) is 56.4 Å². The van der Waals surface area contributed by atoms with Crippen molar-refractivity contribution in [2.75, 3.05) is 117 Å². The molecule has 0 aliphatic rings. The van der Waals surface area contributed by atoms with Crippen molar-refractivity contribution < 1.29 is 110 Å². The topological polar surface area (TPSA) is 269 Å². The SMILES string of the molecule is CCOP(=O)(COc1c2cc(C(C)(C)C)cc1sc1cc(C(C)(C)C)cc(sc3cc(C(C)(C)C)cc(sc4cc(C(C)(C)C)cc(sc5cc(C(C)(C)C)cc(sc6cc(C(C)(C)C)cc(s2)c6OCP(=O)(OCC)OCC)c5OCP(=O)(OCC)OCC)c4OCP(=O)(OCC)OCC)c3OCP(=O)(OCC)OCC)c1OCP(=O)(OCC)OCC)OCC. The number of hydrogen-bond acceptors (Lipinski definition) is 30. The van der Waals surface area contributed by atoms with Crippen LogP contribution in [-0.2, 0) is 114 Å². The van der Waals surface area contributed by atoms with Gasteiger partial charge in [-0.05, 0) is 222 Å². The normalized spacial score (nSPS) is 13.2. The second-order valence-corrected chi connectivity index (χ2v) is 53.7. The van der Waals surface area contributed by atoms with Crippen LogP contribution in [0.3, 0.4) is 0 Å². The molecule has 6 aromatic carbocycles. The second-order valence-electron chi connectivity index (χ2n) is 35.2. The van der Waals surface area contributed by atoms with Gasteiger partial charge in [0, 0.05) is 0 Å². The molecule has 1 heterocycles. The molecular weight excluding hydrogens is 1840 g/mol. The summed E-state index contributed by atoms with van der Waals surface area (Å²) >= 11 is 7.76.